The molecule has 90 valence electrons. The molecule has 3 rings (SSSR count). The van der Waals surface area contributed by atoms with Crippen molar-refractivity contribution >= 4 is 5.78 Å². The van der Waals surface area contributed by atoms with Crippen LogP contribution in [-0.2, 0) is 10.2 Å². The van der Waals surface area contributed by atoms with Crippen molar-refractivity contribution in [2.24, 2.45) is 0 Å². The first-order chi connectivity index (χ1) is 8.75. The molecule has 1 saturated carbocycles. The number of hydrogen-bond donors (Lipinski definition) is 0. The molecule has 1 fully saturated rings. The summed E-state index contributed by atoms with van der Waals surface area (Å²) < 4.78 is 0. The molecule has 0 amide bonds. The van der Waals surface area contributed by atoms with Crippen molar-refractivity contribution in [3.05, 3.63) is 71.8 Å². The van der Waals surface area contributed by atoms with E-state index in [1.54, 1.807) is 6.92 Å². The molecular weight excluding hydrogens is 220 g/mol. The van der Waals surface area contributed by atoms with E-state index in [2.05, 4.69) is 24.3 Å². The zero-order chi connectivity index (χ0) is 12.6. The summed E-state index contributed by atoms with van der Waals surface area (Å²) in [5.74, 6) is 0.626. The van der Waals surface area contributed by atoms with Crippen molar-refractivity contribution in [1.82, 2.24) is 0 Å². The topological polar surface area (TPSA) is 17.1 Å². The van der Waals surface area contributed by atoms with Crippen molar-refractivity contribution in [3.8, 4) is 0 Å². The van der Waals surface area contributed by atoms with Crippen LogP contribution in [0.5, 0.6) is 0 Å². The first-order valence-corrected chi connectivity index (χ1v) is 6.36. The Labute approximate surface area is 107 Å². The minimum absolute atomic E-state index is 0.275. The molecule has 0 bridgehead atoms. The Morgan fingerprint density at radius 2 is 1.56 bits per heavy atom. The van der Waals surface area contributed by atoms with Gasteiger partial charge in [-0.2, -0.15) is 0 Å². The Balaban J connectivity index is 2.01. The fraction of sp³-hybridized carbons (Fsp3) is 0.235. The molecule has 1 aliphatic carbocycles. The lowest BCUT2D eigenvalue weighted by atomic mass is 9.87. The summed E-state index contributed by atoms with van der Waals surface area (Å²) in [5, 5.41) is 0. The average Bonchev–Trinajstić information content (AvgIpc) is 3.18. The SMILES string of the molecule is CC(=O)[C@@]1(c2ccccc2)C[C@@H]1c1ccccc1. The molecule has 2 atom stereocenters. The minimum Gasteiger partial charge on any atom is -0.299 e. The second-order valence-electron chi connectivity index (χ2n) is 5.06. The Morgan fingerprint density at radius 3 is 2.11 bits per heavy atom. The summed E-state index contributed by atoms with van der Waals surface area (Å²) in [6.45, 7) is 1.72. The van der Waals surface area contributed by atoms with Crippen LogP contribution >= 0.6 is 0 Å². The van der Waals surface area contributed by atoms with Crippen molar-refractivity contribution in [3.63, 3.8) is 0 Å². The smallest absolute Gasteiger partial charge is 0.140 e. The molecule has 0 aliphatic heterocycles. The van der Waals surface area contributed by atoms with Gasteiger partial charge < -0.3 is 0 Å². The maximum absolute atomic E-state index is 12.1. The van der Waals surface area contributed by atoms with Gasteiger partial charge in [0.15, 0.2) is 0 Å². The summed E-state index contributed by atoms with van der Waals surface area (Å²) in [6, 6.07) is 20.5. The monoisotopic (exact) mass is 236 g/mol. The van der Waals surface area contributed by atoms with Crippen molar-refractivity contribution in [1.29, 1.82) is 0 Å². The van der Waals surface area contributed by atoms with Gasteiger partial charge in [0.05, 0.1) is 5.41 Å². The highest BCUT2D eigenvalue weighted by atomic mass is 16.1. The van der Waals surface area contributed by atoms with Crippen LogP contribution in [0, 0.1) is 0 Å². The Morgan fingerprint density at radius 1 is 1.00 bits per heavy atom. The van der Waals surface area contributed by atoms with Crippen LogP contribution in [0.25, 0.3) is 0 Å². The zero-order valence-electron chi connectivity index (χ0n) is 10.5. The van der Waals surface area contributed by atoms with Crippen molar-refractivity contribution in [2.45, 2.75) is 24.7 Å². The molecule has 1 heteroatoms. The highest BCUT2D eigenvalue weighted by Crippen LogP contribution is 2.60. The van der Waals surface area contributed by atoms with Gasteiger partial charge >= 0.3 is 0 Å². The van der Waals surface area contributed by atoms with E-state index >= 15 is 0 Å². The summed E-state index contributed by atoms with van der Waals surface area (Å²) in [4.78, 5) is 12.1. The van der Waals surface area contributed by atoms with E-state index in [4.69, 9.17) is 0 Å². The van der Waals surface area contributed by atoms with Crippen LogP contribution in [0.15, 0.2) is 60.7 Å². The molecule has 0 radical (unpaired) electrons. The third-order valence-electron chi connectivity index (χ3n) is 4.08. The Kier molecular flexibility index (Phi) is 2.55. The van der Waals surface area contributed by atoms with Crippen LogP contribution in [0.3, 0.4) is 0 Å². The first kappa shape index (κ1) is 11.2. The quantitative estimate of drug-likeness (QED) is 0.794. The summed E-state index contributed by atoms with van der Waals surface area (Å²) in [6.07, 6.45) is 0.941. The zero-order valence-corrected chi connectivity index (χ0v) is 10.5. The number of hydrogen-bond acceptors (Lipinski definition) is 1. The second kappa shape index (κ2) is 4.09. The fourth-order valence-electron chi connectivity index (χ4n) is 3.00. The molecule has 2 aromatic rings. The normalized spacial score (nSPS) is 25.7. The molecule has 1 aliphatic rings. The van der Waals surface area contributed by atoms with Crippen LogP contribution in [0.4, 0.5) is 0 Å². The van der Waals surface area contributed by atoms with E-state index in [0.29, 0.717) is 5.92 Å². The van der Waals surface area contributed by atoms with Gasteiger partial charge in [-0.1, -0.05) is 60.7 Å². The van der Waals surface area contributed by atoms with E-state index in [9.17, 15) is 4.79 Å². The fourth-order valence-corrected chi connectivity index (χ4v) is 3.00. The van der Waals surface area contributed by atoms with E-state index in [1.165, 1.54) is 5.56 Å². The number of carbonyl (C=O) groups is 1. The summed E-state index contributed by atoms with van der Waals surface area (Å²) >= 11 is 0. The predicted octanol–water partition coefficient (Wildman–Crippen LogP) is 3.70. The molecular formula is C17H16O. The molecule has 2 aromatic carbocycles. The Bertz CT molecular complexity index is 559. The number of carbonyl (C=O) groups excluding carboxylic acids is 1. The second-order valence-corrected chi connectivity index (χ2v) is 5.06. The van der Waals surface area contributed by atoms with Gasteiger partial charge in [0, 0.05) is 5.92 Å². The molecule has 1 nitrogen and oxygen atoms in total. The number of ketones is 1. The van der Waals surface area contributed by atoms with Crippen LogP contribution < -0.4 is 0 Å². The van der Waals surface area contributed by atoms with E-state index < -0.39 is 0 Å². The van der Waals surface area contributed by atoms with Gasteiger partial charge in [-0.3, -0.25) is 4.79 Å². The van der Waals surface area contributed by atoms with Gasteiger partial charge in [-0.05, 0) is 24.5 Å². The largest absolute Gasteiger partial charge is 0.299 e. The van der Waals surface area contributed by atoms with Gasteiger partial charge in [0.25, 0.3) is 0 Å². The lowest BCUT2D eigenvalue weighted by Crippen LogP contribution is -2.19. The maximum Gasteiger partial charge on any atom is 0.140 e. The Hall–Kier alpha value is -1.89. The molecule has 0 N–H and O–H groups in total. The van der Waals surface area contributed by atoms with Gasteiger partial charge in [-0.15, -0.1) is 0 Å². The predicted molar refractivity (Wildman–Crippen MR) is 72.6 cm³/mol. The van der Waals surface area contributed by atoms with Crippen LogP contribution in [-0.4, -0.2) is 5.78 Å². The van der Waals surface area contributed by atoms with Crippen molar-refractivity contribution < 1.29 is 4.79 Å². The van der Waals surface area contributed by atoms with E-state index in [-0.39, 0.29) is 11.2 Å². The first-order valence-electron chi connectivity index (χ1n) is 6.36. The average molecular weight is 236 g/mol. The van der Waals surface area contributed by atoms with Gasteiger partial charge in [0.2, 0.25) is 0 Å². The van der Waals surface area contributed by atoms with Crippen molar-refractivity contribution in [2.75, 3.05) is 0 Å². The maximum atomic E-state index is 12.1. The molecule has 0 heterocycles. The van der Waals surface area contributed by atoms with E-state index in [1.807, 2.05) is 36.4 Å². The number of benzene rings is 2. The standard InChI is InChI=1S/C17H16O/c1-13(18)17(15-10-6-3-7-11-15)12-16(17)14-8-4-2-5-9-14/h2-11,16H,12H2,1H3/t16-,17-/m1/s1. The third-order valence-corrected chi connectivity index (χ3v) is 4.08. The van der Waals surface area contributed by atoms with Gasteiger partial charge in [0.1, 0.15) is 5.78 Å². The lowest BCUT2D eigenvalue weighted by molar-refractivity contribution is -0.119. The summed E-state index contributed by atoms with van der Waals surface area (Å²) in [5.41, 5.74) is 2.16. The van der Waals surface area contributed by atoms with Crippen LogP contribution in [0.2, 0.25) is 0 Å². The molecule has 0 saturated heterocycles. The molecule has 0 unspecified atom stereocenters. The van der Waals surface area contributed by atoms with Crippen LogP contribution in [0.1, 0.15) is 30.4 Å². The van der Waals surface area contributed by atoms with E-state index in [0.717, 1.165) is 12.0 Å². The number of rotatable bonds is 3. The third kappa shape index (κ3) is 1.59. The molecule has 0 aromatic heterocycles. The summed E-state index contributed by atoms with van der Waals surface area (Å²) in [7, 11) is 0. The highest BCUT2D eigenvalue weighted by Gasteiger charge is 2.59. The molecule has 18 heavy (non-hydrogen) atoms. The minimum atomic E-state index is -0.275. The highest BCUT2D eigenvalue weighted by molar-refractivity contribution is 5.93. The number of Topliss-reactive ketones (excluding diaryl/α,β-unsaturated/α-hetero) is 1. The molecule has 0 spiro atoms. The lowest BCUT2D eigenvalue weighted by Gasteiger charge is -2.14. The van der Waals surface area contributed by atoms with Gasteiger partial charge in [-0.25, -0.2) is 0 Å².